The second-order valence-electron chi connectivity index (χ2n) is 10.6. The van der Waals surface area contributed by atoms with Gasteiger partial charge >= 0.3 is 6.09 Å². The molecule has 36 heavy (non-hydrogen) atoms. The smallest absolute Gasteiger partial charge is 0.408 e. The standard InChI is InChI=1S/C27H43N3O5S/c1-6-7-15-30(25(33)21(17-36)29-26(34)35-27(3,4)5)23(19-13-14-22(31)18(2)16-19)24(32)28-20-11-9-8-10-12-20/h13-14,16,20-21,23,31,36H,6-12,15,17H2,1-5H3,(H,28,32)(H,29,34). The number of hydrogen-bond acceptors (Lipinski definition) is 6. The molecule has 1 aromatic rings. The van der Waals surface area contributed by atoms with E-state index in [2.05, 4.69) is 23.3 Å². The molecule has 2 rings (SSSR count). The maximum absolute atomic E-state index is 13.8. The van der Waals surface area contributed by atoms with Gasteiger partial charge in [0.2, 0.25) is 11.8 Å². The highest BCUT2D eigenvalue weighted by atomic mass is 32.1. The van der Waals surface area contributed by atoms with E-state index in [1.807, 2.05) is 6.92 Å². The molecule has 3 N–H and O–H groups in total. The van der Waals surface area contributed by atoms with Gasteiger partial charge in [-0.2, -0.15) is 12.6 Å². The minimum Gasteiger partial charge on any atom is -0.508 e. The van der Waals surface area contributed by atoms with Crippen molar-refractivity contribution >= 4 is 30.5 Å². The Morgan fingerprint density at radius 1 is 1.19 bits per heavy atom. The van der Waals surface area contributed by atoms with Gasteiger partial charge in [-0.3, -0.25) is 9.59 Å². The second kappa shape index (κ2) is 13.8. The number of ether oxygens (including phenoxy) is 1. The number of phenols is 1. The number of alkyl carbamates (subject to hydrolysis) is 1. The molecule has 9 heteroatoms. The summed E-state index contributed by atoms with van der Waals surface area (Å²) >= 11 is 4.32. The first-order valence-corrected chi connectivity index (χ1v) is 13.6. The first-order valence-electron chi connectivity index (χ1n) is 13.0. The fourth-order valence-corrected chi connectivity index (χ4v) is 4.63. The number of hydrogen-bond donors (Lipinski definition) is 4. The average molecular weight is 522 g/mol. The third-order valence-electron chi connectivity index (χ3n) is 6.26. The van der Waals surface area contributed by atoms with Crippen LogP contribution in [0.2, 0.25) is 0 Å². The van der Waals surface area contributed by atoms with Gasteiger partial charge in [0, 0.05) is 18.3 Å². The summed E-state index contributed by atoms with van der Waals surface area (Å²) in [5.41, 5.74) is 0.504. The number of rotatable bonds is 10. The van der Waals surface area contributed by atoms with Crippen molar-refractivity contribution in [3.05, 3.63) is 29.3 Å². The molecule has 2 unspecified atom stereocenters. The molecule has 0 aliphatic heterocycles. The van der Waals surface area contributed by atoms with E-state index in [4.69, 9.17) is 4.74 Å². The molecule has 1 aromatic carbocycles. The molecule has 0 radical (unpaired) electrons. The quantitative estimate of drug-likeness (QED) is 0.336. The highest BCUT2D eigenvalue weighted by molar-refractivity contribution is 7.80. The lowest BCUT2D eigenvalue weighted by Crippen LogP contribution is -2.54. The third-order valence-corrected chi connectivity index (χ3v) is 6.62. The lowest BCUT2D eigenvalue weighted by molar-refractivity contribution is -0.142. The van der Waals surface area contributed by atoms with Crippen molar-refractivity contribution in [2.75, 3.05) is 12.3 Å². The number of nitrogens with zero attached hydrogens (tertiary/aromatic N) is 1. The van der Waals surface area contributed by atoms with Crippen LogP contribution < -0.4 is 10.6 Å². The summed E-state index contributed by atoms with van der Waals surface area (Å²) in [4.78, 5) is 41.5. The van der Waals surface area contributed by atoms with E-state index in [1.165, 1.54) is 4.90 Å². The molecule has 0 spiro atoms. The summed E-state index contributed by atoms with van der Waals surface area (Å²) in [6.07, 6.45) is 5.90. The van der Waals surface area contributed by atoms with E-state index in [1.54, 1.807) is 45.9 Å². The molecule has 202 valence electrons. The number of phenolic OH excluding ortho intramolecular Hbond substituents is 1. The highest BCUT2D eigenvalue weighted by Crippen LogP contribution is 2.28. The van der Waals surface area contributed by atoms with Gasteiger partial charge in [0.05, 0.1) is 0 Å². The summed E-state index contributed by atoms with van der Waals surface area (Å²) in [5.74, 6) is -0.492. The molecular weight excluding hydrogens is 478 g/mol. The van der Waals surface area contributed by atoms with Gasteiger partial charge in [-0.15, -0.1) is 0 Å². The van der Waals surface area contributed by atoms with Crippen LogP contribution in [0.15, 0.2) is 18.2 Å². The number of aryl methyl sites for hydroxylation is 1. The van der Waals surface area contributed by atoms with Crippen molar-refractivity contribution < 1.29 is 24.2 Å². The van der Waals surface area contributed by atoms with E-state index < -0.39 is 29.7 Å². The summed E-state index contributed by atoms with van der Waals surface area (Å²) in [6, 6.07) is 3.15. The molecule has 1 saturated carbocycles. The number of aromatic hydroxyl groups is 1. The minimum atomic E-state index is -0.969. The van der Waals surface area contributed by atoms with Gasteiger partial charge in [0.1, 0.15) is 23.4 Å². The van der Waals surface area contributed by atoms with Crippen molar-refractivity contribution in [3.8, 4) is 5.75 Å². The van der Waals surface area contributed by atoms with Crippen LogP contribution in [0.1, 0.15) is 89.8 Å². The van der Waals surface area contributed by atoms with Gasteiger partial charge < -0.3 is 25.4 Å². The number of amides is 3. The average Bonchev–Trinajstić information content (AvgIpc) is 2.81. The Bertz CT molecular complexity index is 896. The molecule has 1 fully saturated rings. The summed E-state index contributed by atoms with van der Waals surface area (Å²) in [7, 11) is 0. The number of carbonyl (C=O) groups excluding carboxylic acids is 3. The fourth-order valence-electron chi connectivity index (χ4n) is 4.38. The van der Waals surface area contributed by atoms with Crippen LogP contribution in [-0.2, 0) is 14.3 Å². The van der Waals surface area contributed by atoms with Crippen molar-refractivity contribution in [1.29, 1.82) is 0 Å². The van der Waals surface area contributed by atoms with E-state index in [9.17, 15) is 19.5 Å². The normalized spacial score (nSPS) is 16.1. The molecule has 3 amide bonds. The SMILES string of the molecule is CCCCN(C(=O)C(CS)NC(=O)OC(C)(C)C)C(C(=O)NC1CCCCC1)c1ccc(O)c(C)c1. The zero-order valence-corrected chi connectivity index (χ0v) is 23.2. The number of thiol groups is 1. The van der Waals surface area contributed by atoms with Gasteiger partial charge in [0.25, 0.3) is 0 Å². The molecule has 1 aliphatic rings. The van der Waals surface area contributed by atoms with Crippen molar-refractivity contribution in [1.82, 2.24) is 15.5 Å². The predicted octanol–water partition coefficient (Wildman–Crippen LogP) is 4.64. The molecule has 0 bridgehead atoms. The van der Waals surface area contributed by atoms with Crippen molar-refractivity contribution in [3.63, 3.8) is 0 Å². The molecule has 1 aliphatic carbocycles. The molecule has 8 nitrogen and oxygen atoms in total. The van der Waals surface area contributed by atoms with Crippen molar-refractivity contribution in [2.45, 2.75) is 103 Å². The zero-order chi connectivity index (χ0) is 26.9. The lowest BCUT2D eigenvalue weighted by Gasteiger charge is -2.35. The lowest BCUT2D eigenvalue weighted by atomic mass is 9.94. The fraction of sp³-hybridized carbons (Fsp3) is 0.667. The predicted molar refractivity (Wildman–Crippen MR) is 144 cm³/mol. The zero-order valence-electron chi connectivity index (χ0n) is 22.3. The Kier molecular flexibility index (Phi) is 11.4. The molecule has 0 saturated heterocycles. The molecule has 0 heterocycles. The summed E-state index contributed by atoms with van der Waals surface area (Å²) < 4.78 is 5.34. The van der Waals surface area contributed by atoms with Crippen LogP contribution in [0, 0.1) is 6.92 Å². The molecule has 2 atom stereocenters. The highest BCUT2D eigenvalue weighted by Gasteiger charge is 2.36. The van der Waals surface area contributed by atoms with Crippen LogP contribution >= 0.6 is 12.6 Å². The van der Waals surface area contributed by atoms with Crippen LogP contribution in [0.5, 0.6) is 5.75 Å². The van der Waals surface area contributed by atoms with Crippen molar-refractivity contribution in [2.24, 2.45) is 0 Å². The van der Waals surface area contributed by atoms with E-state index in [-0.39, 0.29) is 23.5 Å². The van der Waals surface area contributed by atoms with Crippen LogP contribution in [-0.4, -0.2) is 57.9 Å². The maximum Gasteiger partial charge on any atom is 0.408 e. The topological polar surface area (TPSA) is 108 Å². The second-order valence-corrected chi connectivity index (χ2v) is 10.9. The molecular formula is C27H43N3O5S. The van der Waals surface area contributed by atoms with Crippen LogP contribution in [0.3, 0.4) is 0 Å². The molecule has 0 aromatic heterocycles. The van der Waals surface area contributed by atoms with Gasteiger partial charge in [-0.1, -0.05) is 38.7 Å². The minimum absolute atomic E-state index is 0.0479. The monoisotopic (exact) mass is 521 g/mol. The first-order chi connectivity index (χ1) is 17.0. The Morgan fingerprint density at radius 3 is 2.42 bits per heavy atom. The number of carbonyl (C=O) groups is 3. The van der Waals surface area contributed by atoms with Crippen LogP contribution in [0.25, 0.3) is 0 Å². The summed E-state index contributed by atoms with van der Waals surface area (Å²) in [6.45, 7) is 9.34. The van der Waals surface area contributed by atoms with E-state index >= 15 is 0 Å². The van der Waals surface area contributed by atoms with Gasteiger partial charge in [-0.05, 0) is 70.2 Å². The Morgan fingerprint density at radius 2 is 1.86 bits per heavy atom. The maximum atomic E-state index is 13.8. The number of nitrogens with one attached hydrogen (secondary N) is 2. The van der Waals surface area contributed by atoms with Gasteiger partial charge in [-0.25, -0.2) is 4.79 Å². The third kappa shape index (κ3) is 8.91. The largest absolute Gasteiger partial charge is 0.508 e. The van der Waals surface area contributed by atoms with Crippen LogP contribution in [0.4, 0.5) is 4.79 Å². The Hall–Kier alpha value is -2.42. The first kappa shape index (κ1) is 29.8. The van der Waals surface area contributed by atoms with Gasteiger partial charge in [0.15, 0.2) is 0 Å². The van der Waals surface area contributed by atoms with E-state index in [0.717, 1.165) is 38.5 Å². The van der Waals surface area contributed by atoms with E-state index in [0.29, 0.717) is 24.1 Å². The Balaban J connectivity index is 2.41. The number of benzene rings is 1. The number of unbranched alkanes of at least 4 members (excludes halogenated alkanes) is 1. The summed E-state index contributed by atoms with van der Waals surface area (Å²) in [5, 5.41) is 15.9. The Labute approximate surface area is 220 Å².